The van der Waals surface area contributed by atoms with Crippen LogP contribution in [-0.2, 0) is 16.1 Å². The molecule has 1 heterocycles. The van der Waals surface area contributed by atoms with Gasteiger partial charge >= 0.3 is 5.97 Å². The third-order valence-electron chi connectivity index (χ3n) is 5.71. The van der Waals surface area contributed by atoms with E-state index in [4.69, 9.17) is 4.74 Å². The zero-order chi connectivity index (χ0) is 22.2. The molecule has 0 atom stereocenters. The molecule has 1 aromatic carbocycles. The Morgan fingerprint density at radius 2 is 1.87 bits per heavy atom. The van der Waals surface area contributed by atoms with E-state index in [9.17, 15) is 14.4 Å². The summed E-state index contributed by atoms with van der Waals surface area (Å²) in [5, 5.41) is 2.50. The van der Waals surface area contributed by atoms with E-state index in [2.05, 4.69) is 16.0 Å². The van der Waals surface area contributed by atoms with E-state index in [0.29, 0.717) is 11.1 Å². The van der Waals surface area contributed by atoms with Crippen LogP contribution < -0.4 is 5.32 Å². The summed E-state index contributed by atoms with van der Waals surface area (Å²) in [6.45, 7) is 4.15. The number of benzene rings is 1. The first-order valence-corrected chi connectivity index (χ1v) is 10.8. The van der Waals surface area contributed by atoms with Gasteiger partial charge in [0.1, 0.15) is 6.54 Å². The van der Waals surface area contributed by atoms with Gasteiger partial charge in [0.15, 0.2) is 6.61 Å². The number of carbonyl (C=O) groups is 3. The van der Waals surface area contributed by atoms with Crippen LogP contribution in [0.5, 0.6) is 0 Å². The second-order valence-corrected chi connectivity index (χ2v) is 7.93. The molecule has 0 aliphatic heterocycles. The Morgan fingerprint density at radius 3 is 2.58 bits per heavy atom. The monoisotopic (exact) mass is 422 g/mol. The number of aryl methyl sites for hydroxylation is 1. The lowest BCUT2D eigenvalue weighted by Crippen LogP contribution is -2.31. The van der Waals surface area contributed by atoms with Crippen LogP contribution in [-0.4, -0.2) is 35.4 Å². The number of nitrogens with one attached hydrogen (secondary N) is 1. The normalized spacial score (nSPS) is 13.4. The number of ether oxygens (including phenoxy) is 1. The molecule has 6 nitrogen and oxygen atoms in total. The molecule has 1 aliphatic carbocycles. The van der Waals surface area contributed by atoms with Gasteiger partial charge in [0.25, 0.3) is 5.91 Å². The summed E-state index contributed by atoms with van der Waals surface area (Å²) in [6, 6.07) is 10.5. The first-order chi connectivity index (χ1) is 15.0. The topological polar surface area (TPSA) is 77.4 Å². The molecule has 0 saturated carbocycles. The van der Waals surface area contributed by atoms with Crippen molar-refractivity contribution in [1.82, 2.24) is 9.88 Å². The summed E-state index contributed by atoms with van der Waals surface area (Å²) >= 11 is 0. The number of carbonyl (C=O) groups excluding carboxylic acids is 3. The fraction of sp³-hybridized carbons (Fsp3) is 0.400. The summed E-state index contributed by atoms with van der Waals surface area (Å²) < 4.78 is 7.24. The van der Waals surface area contributed by atoms with E-state index in [1.165, 1.54) is 31.3 Å². The third kappa shape index (κ3) is 6.17. The van der Waals surface area contributed by atoms with E-state index in [-0.39, 0.29) is 24.8 Å². The Kier molecular flexibility index (Phi) is 7.82. The number of rotatable bonds is 9. The summed E-state index contributed by atoms with van der Waals surface area (Å²) in [5.74, 6) is -1.24. The molecule has 6 heteroatoms. The minimum absolute atomic E-state index is 0.237. The average Bonchev–Trinajstić information content (AvgIpc) is 3.09. The summed E-state index contributed by atoms with van der Waals surface area (Å²) in [4.78, 5) is 36.5. The summed E-state index contributed by atoms with van der Waals surface area (Å²) in [6.07, 6.45) is 8.22. The second kappa shape index (κ2) is 10.8. The third-order valence-corrected chi connectivity index (χ3v) is 5.71. The predicted molar refractivity (Wildman–Crippen MR) is 119 cm³/mol. The Hall–Kier alpha value is -3.15. The van der Waals surface area contributed by atoms with Gasteiger partial charge in [-0.3, -0.25) is 14.4 Å². The zero-order valence-electron chi connectivity index (χ0n) is 18.3. The number of ketones is 1. The standard InChI is InChI=1S/C25H30N2O4/c1-18-15-22(19(2)27(18)14-13-20-9-5-3-6-10-20)23(28)17-31-24(29)16-26-25(30)21-11-7-4-8-12-21/h4,7-9,11-12,15H,3,5-6,10,13-14,16-17H2,1-2H3,(H,26,30). The Bertz CT molecular complexity index is 973. The van der Waals surface area contributed by atoms with Crippen LogP contribution >= 0.6 is 0 Å². The van der Waals surface area contributed by atoms with Crippen molar-refractivity contribution in [3.63, 3.8) is 0 Å². The van der Waals surface area contributed by atoms with E-state index < -0.39 is 5.97 Å². The highest BCUT2D eigenvalue weighted by Crippen LogP contribution is 2.23. The molecule has 0 unspecified atom stereocenters. The zero-order valence-corrected chi connectivity index (χ0v) is 18.3. The molecule has 0 radical (unpaired) electrons. The first-order valence-electron chi connectivity index (χ1n) is 10.8. The van der Waals surface area contributed by atoms with Gasteiger partial charge in [-0.2, -0.15) is 0 Å². The average molecular weight is 423 g/mol. The SMILES string of the molecule is Cc1cc(C(=O)COC(=O)CNC(=O)c2ccccc2)c(C)n1CCC1=CCCCC1. The highest BCUT2D eigenvalue weighted by atomic mass is 16.5. The van der Waals surface area contributed by atoms with Crippen molar-refractivity contribution in [3.05, 3.63) is 70.6 Å². The van der Waals surface area contributed by atoms with Crippen molar-refractivity contribution in [1.29, 1.82) is 0 Å². The molecule has 0 spiro atoms. The number of Topliss-reactive ketones (excluding diaryl/α,β-unsaturated/α-hetero) is 1. The predicted octanol–water partition coefficient (Wildman–Crippen LogP) is 4.15. The maximum Gasteiger partial charge on any atom is 0.325 e. The molecule has 0 saturated heterocycles. The van der Waals surface area contributed by atoms with Crippen LogP contribution in [0.15, 0.2) is 48.0 Å². The molecule has 164 valence electrons. The van der Waals surface area contributed by atoms with Gasteiger partial charge in [-0.1, -0.05) is 29.8 Å². The van der Waals surface area contributed by atoms with Crippen molar-refractivity contribution >= 4 is 17.7 Å². The van der Waals surface area contributed by atoms with Crippen molar-refractivity contribution in [2.75, 3.05) is 13.2 Å². The van der Waals surface area contributed by atoms with E-state index in [1.54, 1.807) is 30.3 Å². The van der Waals surface area contributed by atoms with Gasteiger partial charge in [0.2, 0.25) is 5.78 Å². The summed E-state index contributed by atoms with van der Waals surface area (Å²) in [5.41, 5.74) is 4.46. The second-order valence-electron chi connectivity index (χ2n) is 7.93. The van der Waals surface area contributed by atoms with E-state index in [1.807, 2.05) is 19.9 Å². The fourth-order valence-corrected chi connectivity index (χ4v) is 3.93. The smallest absolute Gasteiger partial charge is 0.325 e. The van der Waals surface area contributed by atoms with Crippen molar-refractivity contribution < 1.29 is 19.1 Å². The number of aromatic nitrogens is 1. The fourth-order valence-electron chi connectivity index (χ4n) is 3.93. The van der Waals surface area contributed by atoms with Gasteiger partial charge in [-0.25, -0.2) is 0 Å². The highest BCUT2D eigenvalue weighted by molar-refractivity contribution is 6.00. The molecule has 0 fully saturated rings. The maximum absolute atomic E-state index is 12.6. The molecule has 31 heavy (non-hydrogen) atoms. The molecular formula is C25H30N2O4. The van der Waals surface area contributed by atoms with Crippen LogP contribution in [0.4, 0.5) is 0 Å². The Labute approximate surface area is 183 Å². The molecule has 0 bridgehead atoms. The lowest BCUT2D eigenvalue weighted by atomic mass is 9.97. The van der Waals surface area contributed by atoms with Crippen LogP contribution in [0.1, 0.15) is 64.2 Å². The molecule has 2 aromatic rings. The number of amides is 1. The lowest BCUT2D eigenvalue weighted by Gasteiger charge is -2.15. The Balaban J connectivity index is 1.49. The molecular weight excluding hydrogens is 392 g/mol. The quantitative estimate of drug-likeness (QED) is 0.374. The van der Waals surface area contributed by atoms with Crippen LogP contribution in [0.2, 0.25) is 0 Å². The number of esters is 1. The maximum atomic E-state index is 12.6. The van der Waals surface area contributed by atoms with Crippen molar-refractivity contribution in [2.24, 2.45) is 0 Å². The Morgan fingerprint density at radius 1 is 1.10 bits per heavy atom. The molecule has 1 amide bonds. The lowest BCUT2D eigenvalue weighted by molar-refractivity contribution is -0.141. The number of nitrogens with zero attached hydrogens (tertiary/aromatic N) is 1. The summed E-state index contributed by atoms with van der Waals surface area (Å²) in [7, 11) is 0. The van der Waals surface area contributed by atoms with Gasteiger partial charge in [-0.15, -0.1) is 0 Å². The number of allylic oxidation sites excluding steroid dienone is 2. The van der Waals surface area contributed by atoms with E-state index in [0.717, 1.165) is 24.4 Å². The van der Waals surface area contributed by atoms with Gasteiger partial charge < -0.3 is 14.6 Å². The van der Waals surface area contributed by atoms with Gasteiger partial charge in [0, 0.05) is 29.1 Å². The van der Waals surface area contributed by atoms with Crippen LogP contribution in [0.25, 0.3) is 0 Å². The minimum atomic E-state index is -0.643. The highest BCUT2D eigenvalue weighted by Gasteiger charge is 2.18. The van der Waals surface area contributed by atoms with Gasteiger partial charge in [0.05, 0.1) is 0 Å². The van der Waals surface area contributed by atoms with Crippen LogP contribution in [0, 0.1) is 13.8 Å². The molecule has 1 aromatic heterocycles. The number of hydrogen-bond donors (Lipinski definition) is 1. The molecule has 1 N–H and O–H groups in total. The largest absolute Gasteiger partial charge is 0.456 e. The van der Waals surface area contributed by atoms with Crippen LogP contribution in [0.3, 0.4) is 0 Å². The van der Waals surface area contributed by atoms with Crippen molar-refractivity contribution in [3.8, 4) is 0 Å². The molecule has 1 aliphatic rings. The van der Waals surface area contributed by atoms with Crippen molar-refractivity contribution in [2.45, 2.75) is 52.5 Å². The van der Waals surface area contributed by atoms with E-state index >= 15 is 0 Å². The first kappa shape index (κ1) is 22.5. The molecule has 3 rings (SSSR count). The minimum Gasteiger partial charge on any atom is -0.456 e. The van der Waals surface area contributed by atoms with Gasteiger partial charge in [-0.05, 0) is 64.2 Å². The number of hydrogen-bond acceptors (Lipinski definition) is 4.